The van der Waals surface area contributed by atoms with E-state index in [1.165, 1.54) is 34.0 Å². The van der Waals surface area contributed by atoms with E-state index in [2.05, 4.69) is 0 Å². The molecule has 1 saturated carbocycles. The van der Waals surface area contributed by atoms with Crippen LogP contribution in [0.3, 0.4) is 0 Å². The lowest BCUT2D eigenvalue weighted by Gasteiger charge is -2.26. The molecule has 0 radical (unpaired) electrons. The van der Waals surface area contributed by atoms with Gasteiger partial charge in [-0.05, 0) is 5.92 Å². The van der Waals surface area contributed by atoms with Crippen LogP contribution < -0.4 is 0 Å². The molecule has 0 aromatic rings. The second-order valence-corrected chi connectivity index (χ2v) is 6.62. The second kappa shape index (κ2) is 5.20. The predicted octanol–water partition coefficient (Wildman–Crippen LogP) is 0.967. The summed E-state index contributed by atoms with van der Waals surface area (Å²) in [6.07, 6.45) is 4.93. The van der Waals surface area contributed by atoms with Gasteiger partial charge in [0.1, 0.15) is 6.61 Å². The van der Waals surface area contributed by atoms with Crippen LogP contribution in [0.4, 0.5) is 4.79 Å². The van der Waals surface area contributed by atoms with E-state index in [1.807, 2.05) is 0 Å². The molecule has 0 aromatic heterocycles. The molecule has 1 aliphatic heterocycles. The van der Waals surface area contributed by atoms with Gasteiger partial charge < -0.3 is 4.74 Å². The molecule has 0 bridgehead atoms. The van der Waals surface area contributed by atoms with Crippen molar-refractivity contribution < 1.29 is 14.3 Å². The SMILES string of the molecule is O=C(CC1CC[CH]([AlH2])CC1)N1CCOC1=O. The molecule has 1 saturated heterocycles. The van der Waals surface area contributed by atoms with Gasteiger partial charge in [-0.2, -0.15) is 0 Å². The van der Waals surface area contributed by atoms with Crippen LogP contribution in [0.25, 0.3) is 0 Å². The number of hydrogen-bond acceptors (Lipinski definition) is 3. The Kier molecular flexibility index (Phi) is 3.88. The van der Waals surface area contributed by atoms with Crippen molar-refractivity contribution in [3.8, 4) is 0 Å². The summed E-state index contributed by atoms with van der Waals surface area (Å²) in [5.41, 5.74) is 0. The first-order chi connectivity index (χ1) is 7.66. The van der Waals surface area contributed by atoms with Gasteiger partial charge in [0.05, 0.1) is 6.54 Å². The van der Waals surface area contributed by atoms with Gasteiger partial charge in [0.2, 0.25) is 22.2 Å². The zero-order valence-electron chi connectivity index (χ0n) is 9.78. The molecule has 0 spiro atoms. The van der Waals surface area contributed by atoms with Crippen LogP contribution in [0.2, 0.25) is 4.78 Å². The molecule has 1 aliphatic carbocycles. The highest BCUT2D eigenvalue weighted by Crippen LogP contribution is 2.32. The van der Waals surface area contributed by atoms with E-state index in [1.54, 1.807) is 0 Å². The number of ether oxygens (including phenoxy) is 1. The highest BCUT2D eigenvalue weighted by atomic mass is 27.0. The van der Waals surface area contributed by atoms with Crippen molar-refractivity contribution in [2.75, 3.05) is 13.2 Å². The summed E-state index contributed by atoms with van der Waals surface area (Å²) in [5.74, 6) is 0.449. The fourth-order valence-corrected chi connectivity index (χ4v) is 3.18. The molecule has 0 atom stereocenters. The van der Waals surface area contributed by atoms with Crippen molar-refractivity contribution in [2.24, 2.45) is 5.92 Å². The Bertz CT molecular complexity index is 287. The smallest absolute Gasteiger partial charge is 0.416 e. The topological polar surface area (TPSA) is 46.6 Å². The van der Waals surface area contributed by atoms with E-state index in [0.717, 1.165) is 17.6 Å². The van der Waals surface area contributed by atoms with Crippen molar-refractivity contribution in [1.82, 2.24) is 4.90 Å². The highest BCUT2D eigenvalue weighted by Gasteiger charge is 2.30. The minimum atomic E-state index is -0.457. The van der Waals surface area contributed by atoms with Gasteiger partial charge in [-0.1, -0.05) is 30.5 Å². The number of imide groups is 1. The van der Waals surface area contributed by atoms with Crippen molar-refractivity contribution in [2.45, 2.75) is 36.9 Å². The normalized spacial score (nSPS) is 30.2. The minimum absolute atomic E-state index is 0.0423. The highest BCUT2D eigenvalue weighted by molar-refractivity contribution is 6.11. The molecule has 5 heteroatoms. The van der Waals surface area contributed by atoms with Gasteiger partial charge in [-0.15, -0.1) is 0 Å². The Hall–Kier alpha value is -0.528. The second-order valence-electron chi connectivity index (χ2n) is 4.99. The monoisotopic (exact) mass is 239 g/mol. The Balaban J connectivity index is 1.81. The van der Waals surface area contributed by atoms with Crippen molar-refractivity contribution in [3.05, 3.63) is 0 Å². The summed E-state index contributed by atoms with van der Waals surface area (Å²) in [6.45, 7) is 0.797. The van der Waals surface area contributed by atoms with E-state index in [0.29, 0.717) is 25.5 Å². The average molecular weight is 239 g/mol. The third kappa shape index (κ3) is 2.78. The maximum atomic E-state index is 11.8. The molecular weight excluding hydrogens is 221 g/mol. The zero-order chi connectivity index (χ0) is 11.5. The first kappa shape index (κ1) is 11.9. The molecule has 2 amide bonds. The largest absolute Gasteiger partial charge is 0.447 e. The lowest BCUT2D eigenvalue weighted by atomic mass is 9.86. The number of rotatable bonds is 2. The number of nitrogens with zero attached hydrogens (tertiary/aromatic N) is 1. The molecule has 2 rings (SSSR count). The van der Waals surface area contributed by atoms with Gasteiger partial charge in [0, 0.05) is 6.42 Å². The standard InChI is InChI=1S/C11H16NO3.Al.2H/c13-10(12-6-7-15-11(12)14)8-9-4-2-1-3-5-9;;;/h1,9H,2-8H2;;;. The molecule has 1 heterocycles. The van der Waals surface area contributed by atoms with Gasteiger partial charge in [0.25, 0.3) is 0 Å². The molecule has 0 aromatic carbocycles. The number of hydrogen-bond donors (Lipinski definition) is 0. The number of cyclic esters (lactones) is 1. The first-order valence-corrected chi connectivity index (χ1v) is 7.29. The van der Waals surface area contributed by atoms with Crippen LogP contribution in [0.15, 0.2) is 0 Å². The summed E-state index contributed by atoms with van der Waals surface area (Å²) in [6, 6.07) is 0. The van der Waals surface area contributed by atoms with E-state index in [9.17, 15) is 9.59 Å². The van der Waals surface area contributed by atoms with Crippen molar-refractivity contribution in [1.29, 1.82) is 0 Å². The Morgan fingerprint density at radius 2 is 2.06 bits per heavy atom. The van der Waals surface area contributed by atoms with Crippen LogP contribution in [-0.4, -0.2) is 46.3 Å². The lowest BCUT2D eigenvalue weighted by molar-refractivity contribution is -0.128. The number of carbonyl (C=O) groups is 2. The van der Waals surface area contributed by atoms with Gasteiger partial charge in [0.15, 0.2) is 0 Å². The van der Waals surface area contributed by atoms with E-state index in [-0.39, 0.29) is 5.91 Å². The Morgan fingerprint density at radius 1 is 1.38 bits per heavy atom. The summed E-state index contributed by atoms with van der Waals surface area (Å²) in [7, 11) is 0. The van der Waals surface area contributed by atoms with E-state index < -0.39 is 6.09 Å². The number of carbonyl (C=O) groups excluding carboxylic acids is 2. The molecule has 2 fully saturated rings. The van der Waals surface area contributed by atoms with Crippen LogP contribution in [-0.2, 0) is 9.53 Å². The predicted molar refractivity (Wildman–Crippen MR) is 61.9 cm³/mol. The molecule has 88 valence electrons. The van der Waals surface area contributed by atoms with E-state index >= 15 is 0 Å². The van der Waals surface area contributed by atoms with Crippen LogP contribution in [0.1, 0.15) is 32.1 Å². The molecule has 16 heavy (non-hydrogen) atoms. The summed E-state index contributed by atoms with van der Waals surface area (Å²) >= 11 is 1.28. The first-order valence-electron chi connectivity index (χ1n) is 6.14. The Morgan fingerprint density at radius 3 is 2.62 bits per heavy atom. The fraction of sp³-hybridized carbons (Fsp3) is 0.818. The minimum Gasteiger partial charge on any atom is -0.447 e. The van der Waals surface area contributed by atoms with Crippen LogP contribution in [0.5, 0.6) is 0 Å². The lowest BCUT2D eigenvalue weighted by Crippen LogP contribution is -2.33. The van der Waals surface area contributed by atoms with Gasteiger partial charge in [-0.25, -0.2) is 9.69 Å². The molecule has 2 aliphatic rings. The molecule has 0 unspecified atom stereocenters. The van der Waals surface area contributed by atoms with Crippen LogP contribution >= 0.6 is 0 Å². The average Bonchev–Trinajstić information content (AvgIpc) is 2.68. The van der Waals surface area contributed by atoms with Gasteiger partial charge in [-0.3, -0.25) is 4.79 Å². The quantitative estimate of drug-likeness (QED) is 0.674. The summed E-state index contributed by atoms with van der Waals surface area (Å²) in [5, 5.41) is 0. The third-order valence-corrected chi connectivity index (χ3v) is 4.82. The fourth-order valence-electron chi connectivity index (χ4n) is 2.51. The van der Waals surface area contributed by atoms with E-state index in [4.69, 9.17) is 4.74 Å². The van der Waals surface area contributed by atoms with Gasteiger partial charge >= 0.3 is 6.09 Å². The van der Waals surface area contributed by atoms with Crippen molar-refractivity contribution in [3.63, 3.8) is 0 Å². The summed E-state index contributed by atoms with van der Waals surface area (Å²) in [4.78, 5) is 24.3. The summed E-state index contributed by atoms with van der Waals surface area (Å²) < 4.78 is 5.70. The molecule has 0 N–H and O–H groups in total. The maximum absolute atomic E-state index is 11.8. The maximum Gasteiger partial charge on any atom is 0.416 e. The third-order valence-electron chi connectivity index (χ3n) is 3.66. The molecular formula is C11H18AlNO3. The zero-order valence-corrected chi connectivity index (χ0v) is 11.8. The van der Waals surface area contributed by atoms with Crippen molar-refractivity contribution >= 4 is 28.3 Å². The molecule has 4 nitrogen and oxygen atoms in total. The Labute approximate surface area is 104 Å². The number of amides is 2. The van der Waals surface area contributed by atoms with Crippen LogP contribution in [0, 0.1) is 5.92 Å².